The minimum Gasteiger partial charge on any atom is -0.310 e. The molecule has 0 spiro atoms. The van der Waals surface area contributed by atoms with Gasteiger partial charge in [0.25, 0.3) is 0 Å². The third kappa shape index (κ3) is 9.51. The van der Waals surface area contributed by atoms with Gasteiger partial charge in [-0.3, -0.25) is 9.59 Å². The Kier molecular flexibility index (Phi) is 13.7. The average molecular weight is 817 g/mol. The van der Waals surface area contributed by atoms with E-state index in [9.17, 15) is 9.59 Å². The van der Waals surface area contributed by atoms with Gasteiger partial charge in [0.2, 0.25) is 28.3 Å². The number of rotatable bonds is 11. The fraction of sp³-hybridized carbons (Fsp3) is 0.200. The van der Waals surface area contributed by atoms with E-state index in [-0.39, 0.29) is 28.4 Å². The van der Waals surface area contributed by atoms with E-state index in [2.05, 4.69) is 175 Å². The molecule has 0 fully saturated rings. The van der Waals surface area contributed by atoms with Gasteiger partial charge < -0.3 is 4.90 Å². The lowest BCUT2D eigenvalue weighted by molar-refractivity contribution is -0.527. The van der Waals surface area contributed by atoms with Crippen molar-refractivity contribution in [3.63, 3.8) is 0 Å². The maximum absolute atomic E-state index is 12.3. The molecule has 0 aromatic heterocycles. The van der Waals surface area contributed by atoms with Crippen LogP contribution >= 0.6 is 0 Å². The molecular weight excluding hydrogens is 763 g/mol. The van der Waals surface area contributed by atoms with Crippen molar-refractivity contribution < 1.29 is 14.2 Å². The SMILES string of the molecule is CCCC[N+](CCCC)=C1C=CC(=[N+](c2ccc(C)cc2)c2ccc(N(c3ccc(C)cc3)c3ccc(C)cc3)cc2)C=C1.N#[N+]c1cccc2c1C(=O)c1ccccc1C2=O. The Morgan fingerprint density at radius 3 is 1.40 bits per heavy atom. The Bertz CT molecular complexity index is 2680. The number of benzene rings is 6. The first kappa shape index (κ1) is 42.8. The molecule has 0 radical (unpaired) electrons. The molecule has 6 aromatic carbocycles. The number of aryl methyl sites for hydroxylation is 3. The molecule has 62 heavy (non-hydrogen) atoms. The number of hydrogen-bond acceptors (Lipinski definition) is 4. The van der Waals surface area contributed by atoms with Gasteiger partial charge in [-0.25, -0.2) is 4.58 Å². The van der Waals surface area contributed by atoms with Gasteiger partial charge in [-0.1, -0.05) is 110 Å². The molecule has 0 N–H and O–H groups in total. The largest absolute Gasteiger partial charge is 0.396 e. The molecular formula is C55H54N5O2+3. The summed E-state index contributed by atoms with van der Waals surface area (Å²) in [5, 5.41) is 8.91. The maximum Gasteiger partial charge on any atom is 0.396 e. The Hall–Kier alpha value is -7.30. The summed E-state index contributed by atoms with van der Waals surface area (Å²) in [4.78, 5) is 30.0. The van der Waals surface area contributed by atoms with E-state index in [1.54, 1.807) is 36.4 Å². The zero-order valence-electron chi connectivity index (χ0n) is 36.4. The number of unbranched alkanes of at least 4 members (excludes halogenated alkanes) is 2. The van der Waals surface area contributed by atoms with Crippen LogP contribution < -0.4 is 9.48 Å². The summed E-state index contributed by atoms with van der Waals surface area (Å²) < 4.78 is 4.91. The molecule has 0 amide bonds. The van der Waals surface area contributed by atoms with Crippen molar-refractivity contribution in [2.75, 3.05) is 18.0 Å². The molecule has 6 aromatic rings. The van der Waals surface area contributed by atoms with Gasteiger partial charge in [-0.05, 0) is 63.2 Å². The lowest BCUT2D eigenvalue weighted by Gasteiger charge is -2.25. The van der Waals surface area contributed by atoms with Gasteiger partial charge in [0.1, 0.15) is 18.7 Å². The summed E-state index contributed by atoms with van der Waals surface area (Å²) in [5.41, 5.74) is 13.3. The Morgan fingerprint density at radius 2 is 0.919 bits per heavy atom. The Morgan fingerprint density at radius 1 is 0.500 bits per heavy atom. The monoisotopic (exact) mass is 816 g/mol. The highest BCUT2D eigenvalue weighted by Gasteiger charge is 2.35. The number of diazo groups is 1. The minimum atomic E-state index is -0.284. The van der Waals surface area contributed by atoms with Crippen LogP contribution in [-0.4, -0.2) is 40.7 Å². The summed E-state index contributed by atoms with van der Waals surface area (Å²) in [7, 11) is 0. The molecule has 0 saturated heterocycles. The van der Waals surface area contributed by atoms with Crippen molar-refractivity contribution in [2.45, 2.75) is 60.3 Å². The van der Waals surface area contributed by atoms with Crippen molar-refractivity contribution in [2.24, 2.45) is 0 Å². The molecule has 0 bridgehead atoms. The molecule has 0 heterocycles. The molecule has 7 heteroatoms. The lowest BCUT2D eigenvalue weighted by Crippen LogP contribution is -2.24. The van der Waals surface area contributed by atoms with E-state index in [1.807, 2.05) is 0 Å². The number of carbonyl (C=O) groups excluding carboxylic acids is 2. The lowest BCUT2D eigenvalue weighted by atomic mass is 9.83. The van der Waals surface area contributed by atoms with Crippen LogP contribution in [0.3, 0.4) is 0 Å². The Labute approximate surface area is 366 Å². The number of allylic oxidation sites excluding steroid dienone is 4. The number of carbonyl (C=O) groups is 2. The number of hydrogen-bond donors (Lipinski definition) is 0. The first-order valence-electron chi connectivity index (χ1n) is 21.6. The number of nitrogens with zero attached hydrogens (tertiary/aromatic N) is 5. The highest BCUT2D eigenvalue weighted by atomic mass is 16.1. The summed E-state index contributed by atoms with van der Waals surface area (Å²) >= 11 is 0. The smallest absolute Gasteiger partial charge is 0.310 e. The molecule has 0 unspecified atom stereocenters. The van der Waals surface area contributed by atoms with Gasteiger partial charge in [0.05, 0.1) is 0 Å². The van der Waals surface area contributed by atoms with Crippen molar-refractivity contribution in [3.8, 4) is 0 Å². The van der Waals surface area contributed by atoms with E-state index in [1.165, 1.54) is 54.2 Å². The zero-order valence-corrected chi connectivity index (χ0v) is 36.4. The van der Waals surface area contributed by atoms with Gasteiger partial charge in [0.15, 0.2) is 16.5 Å². The molecule has 8 rings (SSSR count). The highest BCUT2D eigenvalue weighted by molar-refractivity contribution is 6.30. The second-order valence-corrected chi connectivity index (χ2v) is 15.9. The van der Waals surface area contributed by atoms with Crippen LogP contribution in [0.1, 0.15) is 88.1 Å². The standard InChI is InChI=1S/C41H47N3.C14H7N2O2/c1-6-8-30-42(31-9-7-2)35-22-24-39(25-23-35)44(38-20-14-34(5)15-21-38)41-28-26-40(27-29-41)43(36-16-10-32(3)11-17-36)37-18-12-33(4)13-19-37;15-16-11-7-3-6-10-12(11)14(18)9-5-2-1-4-8(9)13(10)17/h10-29H,6-9,30-31H2,1-5H3;1-7H/q+2;+1. The van der Waals surface area contributed by atoms with E-state index in [0.717, 1.165) is 47.2 Å². The molecule has 2 aliphatic carbocycles. The normalized spacial score (nSPS) is 12.5. The second-order valence-electron chi connectivity index (χ2n) is 15.9. The molecule has 7 nitrogen and oxygen atoms in total. The van der Waals surface area contributed by atoms with Crippen molar-refractivity contribution >= 4 is 57.1 Å². The van der Waals surface area contributed by atoms with Gasteiger partial charge in [-0.2, -0.15) is 4.58 Å². The minimum absolute atomic E-state index is 0.125. The van der Waals surface area contributed by atoms with Crippen LogP contribution in [0.25, 0.3) is 4.98 Å². The van der Waals surface area contributed by atoms with Crippen molar-refractivity contribution in [3.05, 3.63) is 208 Å². The number of fused-ring (bicyclic) bond motifs is 2. The van der Waals surface area contributed by atoms with Crippen LogP contribution in [0.4, 0.5) is 34.1 Å². The van der Waals surface area contributed by atoms with E-state index in [0.29, 0.717) is 11.1 Å². The van der Waals surface area contributed by atoms with E-state index in [4.69, 9.17) is 5.39 Å². The van der Waals surface area contributed by atoms with Crippen LogP contribution in [0.5, 0.6) is 0 Å². The topological polar surface area (TPSA) is 71.5 Å². The summed E-state index contributed by atoms with van der Waals surface area (Å²) in [6.45, 7) is 13.2. The summed E-state index contributed by atoms with van der Waals surface area (Å²) in [6, 6.07) is 46.6. The van der Waals surface area contributed by atoms with Crippen LogP contribution in [0.2, 0.25) is 0 Å². The predicted molar refractivity (Wildman–Crippen MR) is 256 cm³/mol. The molecule has 0 atom stereocenters. The first-order chi connectivity index (χ1) is 30.2. The highest BCUT2D eigenvalue weighted by Crippen LogP contribution is 2.37. The third-order valence-electron chi connectivity index (χ3n) is 11.3. The van der Waals surface area contributed by atoms with Crippen LogP contribution in [-0.2, 0) is 0 Å². The average Bonchev–Trinajstić information content (AvgIpc) is 3.31. The van der Waals surface area contributed by atoms with Crippen LogP contribution in [0, 0.1) is 26.2 Å². The van der Waals surface area contributed by atoms with Crippen molar-refractivity contribution in [1.29, 1.82) is 5.39 Å². The summed E-state index contributed by atoms with van der Waals surface area (Å²) in [6.07, 6.45) is 14.0. The van der Waals surface area contributed by atoms with E-state index >= 15 is 0 Å². The van der Waals surface area contributed by atoms with Gasteiger partial charge in [-0.15, -0.1) is 0 Å². The number of ketones is 2. The maximum atomic E-state index is 12.3. The van der Waals surface area contributed by atoms with Crippen LogP contribution in [0.15, 0.2) is 164 Å². The molecule has 2 aliphatic rings. The van der Waals surface area contributed by atoms with Crippen molar-refractivity contribution in [1.82, 2.24) is 4.58 Å². The number of anilines is 3. The zero-order chi connectivity index (χ0) is 43.6. The fourth-order valence-electron chi connectivity index (χ4n) is 7.82. The predicted octanol–water partition coefficient (Wildman–Crippen LogP) is 13.5. The molecule has 308 valence electrons. The molecule has 0 aliphatic heterocycles. The third-order valence-corrected chi connectivity index (χ3v) is 11.3. The summed E-state index contributed by atoms with van der Waals surface area (Å²) in [5.74, 6) is -0.501. The second kappa shape index (κ2) is 19.8. The van der Waals surface area contributed by atoms with Gasteiger partial charge >= 0.3 is 5.69 Å². The first-order valence-corrected chi connectivity index (χ1v) is 21.6. The van der Waals surface area contributed by atoms with E-state index < -0.39 is 0 Å². The Balaban J connectivity index is 0.000000265. The quantitative estimate of drug-likeness (QED) is 0.0740. The molecule has 0 saturated carbocycles. The fourth-order valence-corrected chi connectivity index (χ4v) is 7.82. The van der Waals surface area contributed by atoms with Gasteiger partial charge in [0, 0.05) is 101 Å².